The van der Waals surface area contributed by atoms with Gasteiger partial charge in [0, 0.05) is 20.2 Å². The molecule has 0 aliphatic carbocycles. The summed E-state index contributed by atoms with van der Waals surface area (Å²) < 4.78 is 5.50. The minimum Gasteiger partial charge on any atom is -0.368 e. The van der Waals surface area contributed by atoms with Crippen molar-refractivity contribution in [3.8, 4) is 6.07 Å². The van der Waals surface area contributed by atoms with E-state index in [-0.39, 0.29) is 12.0 Å². The Kier molecular flexibility index (Phi) is 4.53. The van der Waals surface area contributed by atoms with E-state index >= 15 is 0 Å². The van der Waals surface area contributed by atoms with Crippen LogP contribution in [0.2, 0.25) is 0 Å². The fourth-order valence-corrected chi connectivity index (χ4v) is 2.27. The Morgan fingerprint density at radius 2 is 2.37 bits per heavy atom. The second-order valence-corrected chi connectivity index (χ2v) is 4.86. The minimum atomic E-state index is -0.294. The average molecular weight is 258 g/mol. The first-order valence-electron chi connectivity index (χ1n) is 6.56. The highest BCUT2D eigenvalue weighted by molar-refractivity contribution is 5.80. The molecule has 0 aromatic heterocycles. The number of hydrogen-bond acceptors (Lipinski definition) is 3. The van der Waals surface area contributed by atoms with Crippen molar-refractivity contribution in [3.63, 3.8) is 0 Å². The van der Waals surface area contributed by atoms with Gasteiger partial charge in [0.05, 0.1) is 11.6 Å². The Morgan fingerprint density at radius 1 is 1.53 bits per heavy atom. The van der Waals surface area contributed by atoms with Crippen molar-refractivity contribution in [1.82, 2.24) is 4.90 Å². The highest BCUT2D eigenvalue weighted by Gasteiger charge is 2.24. The topological polar surface area (TPSA) is 53.3 Å². The number of nitrogens with zero attached hydrogens (tertiary/aromatic N) is 2. The molecule has 4 nitrogen and oxygen atoms in total. The summed E-state index contributed by atoms with van der Waals surface area (Å²) >= 11 is 0. The molecular weight excluding hydrogens is 240 g/mol. The van der Waals surface area contributed by atoms with Crippen LogP contribution in [0.1, 0.15) is 30.4 Å². The third-order valence-corrected chi connectivity index (χ3v) is 3.31. The molecule has 0 N–H and O–H groups in total. The Morgan fingerprint density at radius 3 is 3.05 bits per heavy atom. The van der Waals surface area contributed by atoms with Gasteiger partial charge >= 0.3 is 0 Å². The zero-order valence-corrected chi connectivity index (χ0v) is 11.1. The van der Waals surface area contributed by atoms with Crippen molar-refractivity contribution in [3.05, 3.63) is 35.4 Å². The number of benzene rings is 1. The van der Waals surface area contributed by atoms with Crippen LogP contribution >= 0.6 is 0 Å². The fourth-order valence-electron chi connectivity index (χ4n) is 2.27. The van der Waals surface area contributed by atoms with Gasteiger partial charge in [-0.15, -0.1) is 0 Å². The van der Waals surface area contributed by atoms with Crippen LogP contribution in [0.5, 0.6) is 0 Å². The molecule has 2 rings (SSSR count). The molecule has 1 heterocycles. The summed E-state index contributed by atoms with van der Waals surface area (Å²) in [6.07, 6.45) is 2.60. The lowest BCUT2D eigenvalue weighted by molar-refractivity contribution is -0.145. The largest absolute Gasteiger partial charge is 0.368 e. The standard InChI is InChI=1S/C15H18N2O2/c1-17(15(18)14-7-2-3-8-19-14)11-13-6-4-5-12(9-13)10-16/h4-6,9,14H,2-3,7-8,11H2,1H3. The fraction of sp³-hybridized carbons (Fsp3) is 0.467. The Hall–Kier alpha value is -1.86. The molecule has 1 fully saturated rings. The van der Waals surface area contributed by atoms with Crippen LogP contribution in [0.25, 0.3) is 0 Å². The van der Waals surface area contributed by atoms with Crippen LogP contribution in [0, 0.1) is 11.3 Å². The number of ether oxygens (including phenoxy) is 1. The third kappa shape index (κ3) is 3.55. The lowest BCUT2D eigenvalue weighted by atomic mass is 10.1. The molecule has 1 aromatic carbocycles. The van der Waals surface area contributed by atoms with Crippen molar-refractivity contribution in [2.75, 3.05) is 13.7 Å². The maximum Gasteiger partial charge on any atom is 0.251 e. The lowest BCUT2D eigenvalue weighted by Gasteiger charge is -2.26. The molecule has 4 heteroatoms. The third-order valence-electron chi connectivity index (χ3n) is 3.31. The molecule has 0 radical (unpaired) electrons. The predicted molar refractivity (Wildman–Crippen MR) is 71.2 cm³/mol. The smallest absolute Gasteiger partial charge is 0.251 e. The van der Waals surface area contributed by atoms with Crippen LogP contribution in [-0.4, -0.2) is 30.6 Å². The van der Waals surface area contributed by atoms with Crippen LogP contribution in [0.15, 0.2) is 24.3 Å². The van der Waals surface area contributed by atoms with E-state index in [4.69, 9.17) is 10.00 Å². The molecule has 1 amide bonds. The molecule has 1 unspecified atom stereocenters. The number of likely N-dealkylation sites (N-methyl/N-ethyl adjacent to an activating group) is 1. The normalized spacial score (nSPS) is 18.6. The number of rotatable bonds is 3. The Balaban J connectivity index is 1.97. The van der Waals surface area contributed by atoms with Gasteiger partial charge in [0.25, 0.3) is 5.91 Å². The van der Waals surface area contributed by atoms with Gasteiger partial charge in [-0.25, -0.2) is 0 Å². The van der Waals surface area contributed by atoms with Gasteiger partial charge in [0.1, 0.15) is 6.10 Å². The first-order valence-corrected chi connectivity index (χ1v) is 6.56. The van der Waals surface area contributed by atoms with Gasteiger partial charge in [-0.3, -0.25) is 4.79 Å². The summed E-state index contributed by atoms with van der Waals surface area (Å²) in [6, 6.07) is 9.44. The van der Waals surface area contributed by atoms with E-state index < -0.39 is 0 Å². The summed E-state index contributed by atoms with van der Waals surface area (Å²) in [6.45, 7) is 1.18. The maximum absolute atomic E-state index is 12.2. The Labute approximate surface area is 113 Å². The van der Waals surface area contributed by atoms with Crippen molar-refractivity contribution >= 4 is 5.91 Å². The summed E-state index contributed by atoms with van der Waals surface area (Å²) in [5.41, 5.74) is 1.58. The molecule has 1 saturated heterocycles. The highest BCUT2D eigenvalue weighted by atomic mass is 16.5. The van der Waals surface area contributed by atoms with E-state index in [1.54, 1.807) is 18.0 Å². The van der Waals surface area contributed by atoms with Crippen molar-refractivity contribution < 1.29 is 9.53 Å². The van der Waals surface area contributed by atoms with E-state index in [1.165, 1.54) is 0 Å². The van der Waals surface area contributed by atoms with Crippen LogP contribution in [0.4, 0.5) is 0 Å². The molecule has 19 heavy (non-hydrogen) atoms. The number of amides is 1. The molecule has 1 aliphatic heterocycles. The van der Waals surface area contributed by atoms with Gasteiger partial charge in [-0.2, -0.15) is 5.26 Å². The molecule has 1 atom stereocenters. The van der Waals surface area contributed by atoms with E-state index in [9.17, 15) is 4.79 Å². The molecule has 0 saturated carbocycles. The maximum atomic E-state index is 12.2. The van der Waals surface area contributed by atoms with Crippen molar-refractivity contribution in [2.45, 2.75) is 31.9 Å². The summed E-state index contributed by atoms with van der Waals surface area (Å²) in [7, 11) is 1.78. The number of nitriles is 1. The molecule has 0 bridgehead atoms. The molecule has 1 aliphatic rings. The van der Waals surface area contributed by atoms with Crippen molar-refractivity contribution in [2.24, 2.45) is 0 Å². The second-order valence-electron chi connectivity index (χ2n) is 4.86. The second kappa shape index (κ2) is 6.35. The van der Waals surface area contributed by atoms with Gasteiger partial charge in [0.15, 0.2) is 0 Å². The monoisotopic (exact) mass is 258 g/mol. The molecule has 100 valence electrons. The Bertz CT molecular complexity index is 487. The van der Waals surface area contributed by atoms with Gasteiger partial charge in [-0.05, 0) is 37.0 Å². The SMILES string of the molecule is CN(Cc1cccc(C#N)c1)C(=O)C1CCCCO1. The van der Waals surface area contributed by atoms with Crippen LogP contribution in [-0.2, 0) is 16.1 Å². The zero-order chi connectivity index (χ0) is 13.7. The van der Waals surface area contributed by atoms with Crippen molar-refractivity contribution in [1.29, 1.82) is 5.26 Å². The summed E-state index contributed by atoms with van der Waals surface area (Å²) in [4.78, 5) is 13.9. The number of carbonyl (C=O) groups is 1. The van der Waals surface area contributed by atoms with Crippen LogP contribution in [0.3, 0.4) is 0 Å². The first-order chi connectivity index (χ1) is 9.20. The van der Waals surface area contributed by atoms with E-state index in [1.807, 2.05) is 18.2 Å². The lowest BCUT2D eigenvalue weighted by Crippen LogP contribution is -2.39. The van der Waals surface area contributed by atoms with Crippen LogP contribution < -0.4 is 0 Å². The quantitative estimate of drug-likeness (QED) is 0.834. The molecule has 0 spiro atoms. The first kappa shape index (κ1) is 13.6. The highest BCUT2D eigenvalue weighted by Crippen LogP contribution is 2.16. The molecular formula is C15H18N2O2. The summed E-state index contributed by atoms with van der Waals surface area (Å²) in [5, 5.41) is 8.86. The van der Waals surface area contributed by atoms with E-state index in [2.05, 4.69) is 6.07 Å². The predicted octanol–water partition coefficient (Wildman–Crippen LogP) is 2.09. The average Bonchev–Trinajstić information content (AvgIpc) is 2.47. The number of hydrogen-bond donors (Lipinski definition) is 0. The minimum absolute atomic E-state index is 0.0297. The van der Waals surface area contributed by atoms with E-state index in [0.29, 0.717) is 18.7 Å². The number of carbonyl (C=O) groups excluding carboxylic acids is 1. The van der Waals surface area contributed by atoms with Gasteiger partial charge in [-0.1, -0.05) is 12.1 Å². The van der Waals surface area contributed by atoms with Gasteiger partial charge < -0.3 is 9.64 Å². The zero-order valence-electron chi connectivity index (χ0n) is 11.1. The van der Waals surface area contributed by atoms with Gasteiger partial charge in [0.2, 0.25) is 0 Å². The van der Waals surface area contributed by atoms with E-state index in [0.717, 1.165) is 24.8 Å². The summed E-state index contributed by atoms with van der Waals surface area (Å²) in [5.74, 6) is 0.0297. The molecule has 1 aromatic rings.